The van der Waals surface area contributed by atoms with Crippen molar-refractivity contribution in [2.24, 2.45) is 11.8 Å². The standard InChI is InChI=1S/C20H29N3O3S/c1-13(2)12-17(24)23-9-7-14(8-10-23)18(20(26)21-15-5-6-15)22-19(25)16-4-3-11-27-16/h3-4,11,13-15,18H,5-10,12H2,1-2H3,(H,21,26)(H,22,25). The molecule has 3 rings (SSSR count). The Kier molecular flexibility index (Phi) is 6.52. The maximum atomic E-state index is 12.8. The molecular weight excluding hydrogens is 362 g/mol. The average molecular weight is 392 g/mol. The Morgan fingerprint density at radius 3 is 2.44 bits per heavy atom. The quantitative estimate of drug-likeness (QED) is 0.749. The van der Waals surface area contributed by atoms with E-state index in [1.54, 1.807) is 6.07 Å². The lowest BCUT2D eigenvalue weighted by molar-refractivity contribution is -0.133. The zero-order valence-corrected chi connectivity index (χ0v) is 16.9. The van der Waals surface area contributed by atoms with Gasteiger partial charge in [0.1, 0.15) is 6.04 Å². The molecule has 1 aliphatic carbocycles. The molecule has 1 unspecified atom stereocenters. The van der Waals surface area contributed by atoms with Gasteiger partial charge in [-0.05, 0) is 49.0 Å². The lowest BCUT2D eigenvalue weighted by Gasteiger charge is -2.36. The predicted molar refractivity (Wildman–Crippen MR) is 105 cm³/mol. The van der Waals surface area contributed by atoms with Gasteiger partial charge in [-0.1, -0.05) is 19.9 Å². The molecule has 1 aliphatic heterocycles. The molecule has 7 heteroatoms. The fourth-order valence-corrected chi connectivity index (χ4v) is 4.12. The molecule has 6 nitrogen and oxygen atoms in total. The number of carbonyl (C=O) groups excluding carboxylic acids is 3. The van der Waals surface area contributed by atoms with Crippen LogP contribution in [0.2, 0.25) is 0 Å². The van der Waals surface area contributed by atoms with Crippen LogP contribution in [0.1, 0.15) is 55.6 Å². The van der Waals surface area contributed by atoms with E-state index in [4.69, 9.17) is 0 Å². The zero-order chi connectivity index (χ0) is 19.4. The molecule has 2 aliphatic rings. The van der Waals surface area contributed by atoms with Crippen LogP contribution in [-0.4, -0.2) is 47.8 Å². The monoisotopic (exact) mass is 391 g/mol. The van der Waals surface area contributed by atoms with Crippen molar-refractivity contribution in [2.45, 2.75) is 58.0 Å². The first kappa shape index (κ1) is 19.9. The smallest absolute Gasteiger partial charge is 0.262 e. The molecule has 1 saturated heterocycles. The largest absolute Gasteiger partial charge is 0.352 e. The molecule has 1 aromatic rings. The summed E-state index contributed by atoms with van der Waals surface area (Å²) in [5.41, 5.74) is 0. The van der Waals surface area contributed by atoms with Crippen LogP contribution >= 0.6 is 11.3 Å². The summed E-state index contributed by atoms with van der Waals surface area (Å²) in [5.74, 6) is 0.298. The summed E-state index contributed by atoms with van der Waals surface area (Å²) in [6.07, 6.45) is 4.05. The van der Waals surface area contributed by atoms with Gasteiger partial charge in [0.05, 0.1) is 4.88 Å². The van der Waals surface area contributed by atoms with Gasteiger partial charge in [-0.2, -0.15) is 0 Å². The first-order valence-corrected chi connectivity index (χ1v) is 10.7. The third-order valence-corrected chi connectivity index (χ3v) is 6.05. The van der Waals surface area contributed by atoms with Crippen molar-refractivity contribution in [3.8, 4) is 0 Å². The van der Waals surface area contributed by atoms with E-state index in [1.165, 1.54) is 11.3 Å². The van der Waals surface area contributed by atoms with Crippen LogP contribution in [0.4, 0.5) is 0 Å². The van der Waals surface area contributed by atoms with E-state index < -0.39 is 6.04 Å². The lowest BCUT2D eigenvalue weighted by Crippen LogP contribution is -2.54. The van der Waals surface area contributed by atoms with E-state index in [2.05, 4.69) is 10.6 Å². The number of hydrogen-bond donors (Lipinski definition) is 2. The third-order valence-electron chi connectivity index (χ3n) is 5.18. The lowest BCUT2D eigenvalue weighted by atomic mass is 9.88. The molecule has 1 saturated carbocycles. The SMILES string of the molecule is CC(C)CC(=O)N1CCC(C(NC(=O)c2cccs2)C(=O)NC2CC2)CC1. The van der Waals surface area contributed by atoms with Crippen LogP contribution < -0.4 is 10.6 Å². The zero-order valence-electron chi connectivity index (χ0n) is 16.1. The average Bonchev–Trinajstić information content (AvgIpc) is 3.27. The van der Waals surface area contributed by atoms with Gasteiger partial charge in [-0.3, -0.25) is 14.4 Å². The van der Waals surface area contributed by atoms with Gasteiger partial charge in [-0.15, -0.1) is 11.3 Å². The summed E-state index contributed by atoms with van der Waals surface area (Å²) in [5, 5.41) is 7.84. The van der Waals surface area contributed by atoms with E-state index in [9.17, 15) is 14.4 Å². The van der Waals surface area contributed by atoms with E-state index in [1.807, 2.05) is 30.2 Å². The van der Waals surface area contributed by atoms with Gasteiger partial charge in [0.2, 0.25) is 11.8 Å². The number of thiophene rings is 1. The van der Waals surface area contributed by atoms with Gasteiger partial charge in [0.25, 0.3) is 5.91 Å². The maximum absolute atomic E-state index is 12.8. The Morgan fingerprint density at radius 2 is 1.89 bits per heavy atom. The second-order valence-electron chi connectivity index (χ2n) is 8.03. The summed E-state index contributed by atoms with van der Waals surface area (Å²) >= 11 is 1.37. The molecule has 2 fully saturated rings. The van der Waals surface area contributed by atoms with Crippen molar-refractivity contribution >= 4 is 29.1 Å². The van der Waals surface area contributed by atoms with E-state index in [0.29, 0.717) is 30.3 Å². The highest BCUT2D eigenvalue weighted by molar-refractivity contribution is 7.12. The predicted octanol–water partition coefficient (Wildman–Crippen LogP) is 2.41. The van der Waals surface area contributed by atoms with Crippen LogP contribution in [0, 0.1) is 11.8 Å². The minimum Gasteiger partial charge on any atom is -0.352 e. The van der Waals surface area contributed by atoms with Gasteiger partial charge in [0, 0.05) is 25.6 Å². The fraction of sp³-hybridized carbons (Fsp3) is 0.650. The topological polar surface area (TPSA) is 78.5 Å². The van der Waals surface area contributed by atoms with Gasteiger partial charge >= 0.3 is 0 Å². The Morgan fingerprint density at radius 1 is 1.19 bits per heavy atom. The number of nitrogens with zero attached hydrogens (tertiary/aromatic N) is 1. The highest BCUT2D eigenvalue weighted by atomic mass is 32.1. The molecule has 1 aromatic heterocycles. The highest BCUT2D eigenvalue weighted by Crippen LogP contribution is 2.25. The van der Waals surface area contributed by atoms with E-state index >= 15 is 0 Å². The highest BCUT2D eigenvalue weighted by Gasteiger charge is 2.36. The fourth-order valence-electron chi connectivity index (χ4n) is 3.50. The van der Waals surface area contributed by atoms with Gasteiger partial charge < -0.3 is 15.5 Å². The summed E-state index contributed by atoms with van der Waals surface area (Å²) in [4.78, 5) is 40.1. The number of likely N-dealkylation sites (tertiary alicyclic amines) is 1. The molecule has 2 heterocycles. The Labute approximate surface area is 164 Å². The van der Waals surface area contributed by atoms with Crippen LogP contribution in [0.15, 0.2) is 17.5 Å². The van der Waals surface area contributed by atoms with Crippen molar-refractivity contribution in [3.63, 3.8) is 0 Å². The molecule has 1 atom stereocenters. The van der Waals surface area contributed by atoms with Crippen LogP contribution in [0.25, 0.3) is 0 Å². The molecule has 0 bridgehead atoms. The second kappa shape index (κ2) is 8.87. The molecule has 148 valence electrons. The van der Waals surface area contributed by atoms with Crippen molar-refractivity contribution < 1.29 is 14.4 Å². The Bertz CT molecular complexity index is 662. The first-order chi connectivity index (χ1) is 12.9. The van der Waals surface area contributed by atoms with Crippen LogP contribution in [-0.2, 0) is 9.59 Å². The van der Waals surface area contributed by atoms with E-state index in [0.717, 1.165) is 25.7 Å². The minimum atomic E-state index is -0.539. The number of rotatable bonds is 7. The summed E-state index contributed by atoms with van der Waals surface area (Å²) in [6, 6.07) is 3.31. The number of piperidine rings is 1. The van der Waals surface area contributed by atoms with Crippen molar-refractivity contribution in [3.05, 3.63) is 22.4 Å². The molecule has 0 aromatic carbocycles. The number of nitrogens with one attached hydrogen (secondary N) is 2. The summed E-state index contributed by atoms with van der Waals surface area (Å²) in [6.45, 7) is 5.39. The van der Waals surface area contributed by atoms with Crippen molar-refractivity contribution in [2.75, 3.05) is 13.1 Å². The maximum Gasteiger partial charge on any atom is 0.262 e. The van der Waals surface area contributed by atoms with Crippen molar-refractivity contribution in [1.29, 1.82) is 0 Å². The first-order valence-electron chi connectivity index (χ1n) is 9.86. The Hall–Kier alpha value is -1.89. The summed E-state index contributed by atoms with van der Waals surface area (Å²) < 4.78 is 0. The molecule has 3 amide bonds. The van der Waals surface area contributed by atoms with E-state index in [-0.39, 0.29) is 29.7 Å². The molecule has 2 N–H and O–H groups in total. The number of hydrogen-bond acceptors (Lipinski definition) is 4. The molecule has 0 spiro atoms. The molecule has 0 radical (unpaired) electrons. The minimum absolute atomic E-state index is 0.0516. The van der Waals surface area contributed by atoms with Crippen molar-refractivity contribution in [1.82, 2.24) is 15.5 Å². The normalized spacial score (nSPS) is 19.0. The second-order valence-corrected chi connectivity index (χ2v) is 8.98. The van der Waals surface area contributed by atoms with Gasteiger partial charge in [0.15, 0.2) is 0 Å². The Balaban J connectivity index is 1.61. The number of carbonyl (C=O) groups is 3. The third kappa shape index (κ3) is 5.54. The van der Waals surface area contributed by atoms with Crippen LogP contribution in [0.3, 0.4) is 0 Å². The van der Waals surface area contributed by atoms with Gasteiger partial charge in [-0.25, -0.2) is 0 Å². The number of amides is 3. The molecular formula is C20H29N3O3S. The van der Waals surface area contributed by atoms with Crippen LogP contribution in [0.5, 0.6) is 0 Å². The molecule has 27 heavy (non-hydrogen) atoms. The summed E-state index contributed by atoms with van der Waals surface area (Å²) in [7, 11) is 0.